The van der Waals surface area contributed by atoms with Crippen molar-refractivity contribution >= 4 is 28.2 Å². The Morgan fingerprint density at radius 2 is 1.95 bits per heavy atom. The zero-order chi connectivity index (χ0) is 16.4. The average Bonchev–Trinajstić information content (AvgIpc) is 2.82. The van der Waals surface area contributed by atoms with Gasteiger partial charge >= 0.3 is 5.97 Å². The Morgan fingerprint density at radius 1 is 1.27 bits per heavy atom. The third-order valence-electron chi connectivity index (χ3n) is 4.14. The largest absolute Gasteiger partial charge is 0.465 e. The van der Waals surface area contributed by atoms with Gasteiger partial charge in [-0.3, -0.25) is 4.79 Å². The summed E-state index contributed by atoms with van der Waals surface area (Å²) in [5, 5.41) is 3.54. The topological polar surface area (TPSA) is 59.8 Å². The molecule has 1 aromatic rings. The fourth-order valence-corrected chi connectivity index (χ4v) is 3.95. The van der Waals surface area contributed by atoms with Crippen LogP contribution in [-0.4, -0.2) is 31.6 Å². The van der Waals surface area contributed by atoms with Crippen LogP contribution in [0.3, 0.4) is 0 Å². The van der Waals surface area contributed by atoms with Gasteiger partial charge in [-0.2, -0.15) is 0 Å². The zero-order valence-electron chi connectivity index (χ0n) is 13.9. The normalized spacial score (nSPS) is 17.5. The van der Waals surface area contributed by atoms with Crippen LogP contribution in [0.2, 0.25) is 0 Å². The Balaban J connectivity index is 2.38. The number of methoxy groups -OCH3 is 1. The number of thiophene rings is 1. The smallest absolute Gasteiger partial charge is 0.341 e. The van der Waals surface area contributed by atoms with E-state index in [2.05, 4.69) is 19.2 Å². The number of rotatable bonds is 4. The second-order valence-electron chi connectivity index (χ2n) is 6.33. The van der Waals surface area contributed by atoms with E-state index >= 15 is 0 Å². The Hall–Kier alpha value is -1.40. The number of nitrogens with one attached hydrogen (secondary N) is 2. The highest BCUT2D eigenvalue weighted by molar-refractivity contribution is 7.17. The van der Waals surface area contributed by atoms with Gasteiger partial charge in [0.1, 0.15) is 11.5 Å². The lowest BCUT2D eigenvalue weighted by Gasteiger charge is -2.27. The summed E-state index contributed by atoms with van der Waals surface area (Å²) in [6.45, 7) is 9.99. The molecule has 2 heterocycles. The third kappa shape index (κ3) is 3.33. The fourth-order valence-electron chi connectivity index (χ4n) is 2.65. The van der Waals surface area contributed by atoms with Crippen molar-refractivity contribution in [3.63, 3.8) is 0 Å². The standard InChI is InChI=1S/C16H24N2O3S/c1-9(2)14(19)17-15-13(16(20)21-5)11-6-7-18(10(3)4)8-12(11)22-15/h9-10H,6-8H2,1-5H3,(H,17,19)/p+1. The Morgan fingerprint density at radius 3 is 2.50 bits per heavy atom. The zero-order valence-corrected chi connectivity index (χ0v) is 14.7. The lowest BCUT2D eigenvalue weighted by atomic mass is 10.0. The van der Waals surface area contributed by atoms with Gasteiger partial charge in [-0.05, 0) is 19.4 Å². The minimum atomic E-state index is -0.357. The van der Waals surface area contributed by atoms with Gasteiger partial charge in [0, 0.05) is 12.3 Å². The van der Waals surface area contributed by atoms with E-state index in [0.29, 0.717) is 16.6 Å². The summed E-state index contributed by atoms with van der Waals surface area (Å²) in [6.07, 6.45) is 0.849. The second kappa shape index (κ2) is 6.79. The molecule has 122 valence electrons. The number of hydrogen-bond acceptors (Lipinski definition) is 4. The van der Waals surface area contributed by atoms with Crippen molar-refractivity contribution in [2.45, 2.75) is 46.7 Å². The monoisotopic (exact) mass is 325 g/mol. The molecule has 6 heteroatoms. The molecule has 1 unspecified atom stereocenters. The van der Waals surface area contributed by atoms with Gasteiger partial charge in [0.05, 0.1) is 30.1 Å². The SMILES string of the molecule is COC(=O)c1c(NC(=O)C(C)C)sc2c1CC[NH+](C(C)C)C2. The number of hydrogen-bond donors (Lipinski definition) is 2. The molecule has 1 aliphatic heterocycles. The molecule has 1 atom stereocenters. The van der Waals surface area contributed by atoms with Crippen LogP contribution in [-0.2, 0) is 22.5 Å². The van der Waals surface area contributed by atoms with Crippen LogP contribution in [0.25, 0.3) is 0 Å². The number of carbonyl (C=O) groups excluding carboxylic acids is 2. The Kier molecular flexibility index (Phi) is 5.24. The molecule has 0 aromatic carbocycles. The van der Waals surface area contributed by atoms with Crippen LogP contribution in [0, 0.1) is 5.92 Å². The maximum absolute atomic E-state index is 12.2. The lowest BCUT2D eigenvalue weighted by molar-refractivity contribution is -0.936. The van der Waals surface area contributed by atoms with Crippen molar-refractivity contribution in [2.75, 3.05) is 19.0 Å². The van der Waals surface area contributed by atoms with Gasteiger partial charge < -0.3 is 15.0 Å². The van der Waals surface area contributed by atoms with E-state index in [1.54, 1.807) is 0 Å². The molecule has 1 amide bonds. The fraction of sp³-hybridized carbons (Fsp3) is 0.625. The van der Waals surface area contributed by atoms with E-state index in [9.17, 15) is 9.59 Å². The molecule has 0 bridgehead atoms. The molecule has 22 heavy (non-hydrogen) atoms. The maximum Gasteiger partial charge on any atom is 0.341 e. The van der Waals surface area contributed by atoms with Gasteiger partial charge in [-0.15, -0.1) is 11.3 Å². The van der Waals surface area contributed by atoms with E-state index in [1.807, 2.05) is 13.8 Å². The van der Waals surface area contributed by atoms with Crippen molar-refractivity contribution in [3.05, 3.63) is 16.0 Å². The molecule has 0 radical (unpaired) electrons. The van der Waals surface area contributed by atoms with Gasteiger partial charge in [-0.25, -0.2) is 4.79 Å². The number of quaternary nitrogens is 1. The van der Waals surface area contributed by atoms with Gasteiger partial charge in [0.25, 0.3) is 0 Å². The highest BCUT2D eigenvalue weighted by atomic mass is 32.1. The van der Waals surface area contributed by atoms with E-state index in [1.165, 1.54) is 28.2 Å². The molecule has 5 nitrogen and oxygen atoms in total. The third-order valence-corrected chi connectivity index (χ3v) is 5.29. The van der Waals surface area contributed by atoms with Gasteiger partial charge in [0.2, 0.25) is 5.91 Å². The molecule has 1 aliphatic rings. The number of carbonyl (C=O) groups is 2. The Labute approximate surface area is 135 Å². The highest BCUT2D eigenvalue weighted by Crippen LogP contribution is 2.35. The maximum atomic E-state index is 12.2. The molecule has 0 fully saturated rings. The number of ether oxygens (including phenoxy) is 1. The van der Waals surface area contributed by atoms with E-state index in [0.717, 1.165) is 25.1 Å². The summed E-state index contributed by atoms with van der Waals surface area (Å²) in [5.41, 5.74) is 1.61. The van der Waals surface area contributed by atoms with Crippen molar-refractivity contribution in [2.24, 2.45) is 5.92 Å². The summed E-state index contributed by atoms with van der Waals surface area (Å²) in [5.74, 6) is -0.552. The van der Waals surface area contributed by atoms with Crippen molar-refractivity contribution in [3.8, 4) is 0 Å². The van der Waals surface area contributed by atoms with Crippen LogP contribution in [0.1, 0.15) is 48.5 Å². The summed E-state index contributed by atoms with van der Waals surface area (Å²) >= 11 is 1.52. The van der Waals surface area contributed by atoms with Crippen molar-refractivity contribution in [1.29, 1.82) is 0 Å². The summed E-state index contributed by atoms with van der Waals surface area (Å²) in [6, 6.07) is 0.547. The van der Waals surface area contributed by atoms with Crippen LogP contribution in [0.15, 0.2) is 0 Å². The van der Waals surface area contributed by atoms with Crippen LogP contribution in [0.4, 0.5) is 5.00 Å². The predicted octanol–water partition coefficient (Wildman–Crippen LogP) is 1.48. The molecule has 0 spiro atoms. The molecule has 0 saturated carbocycles. The molecule has 2 N–H and O–H groups in total. The summed E-state index contributed by atoms with van der Waals surface area (Å²) in [4.78, 5) is 26.9. The van der Waals surface area contributed by atoms with Gasteiger partial charge in [-0.1, -0.05) is 13.8 Å². The van der Waals surface area contributed by atoms with Crippen LogP contribution >= 0.6 is 11.3 Å². The number of anilines is 1. The first-order chi connectivity index (χ1) is 10.3. The second-order valence-corrected chi connectivity index (χ2v) is 7.44. The first-order valence-corrected chi connectivity index (χ1v) is 8.55. The van der Waals surface area contributed by atoms with E-state index < -0.39 is 0 Å². The quantitative estimate of drug-likeness (QED) is 0.825. The lowest BCUT2D eigenvalue weighted by Crippen LogP contribution is -3.14. The number of fused-ring (bicyclic) bond motifs is 1. The predicted molar refractivity (Wildman–Crippen MR) is 87.5 cm³/mol. The summed E-state index contributed by atoms with van der Waals surface area (Å²) < 4.78 is 4.93. The average molecular weight is 325 g/mol. The molecule has 1 aromatic heterocycles. The van der Waals surface area contributed by atoms with E-state index in [4.69, 9.17) is 4.74 Å². The van der Waals surface area contributed by atoms with E-state index in [-0.39, 0.29) is 17.8 Å². The first-order valence-electron chi connectivity index (χ1n) is 7.73. The van der Waals surface area contributed by atoms with Crippen molar-refractivity contribution in [1.82, 2.24) is 0 Å². The molecular formula is C16H25N2O3S+. The Bertz CT molecular complexity index is 578. The first kappa shape index (κ1) is 17.0. The van der Waals surface area contributed by atoms with Crippen LogP contribution in [0.5, 0.6) is 0 Å². The van der Waals surface area contributed by atoms with Crippen molar-refractivity contribution < 1.29 is 19.2 Å². The molecular weight excluding hydrogens is 300 g/mol. The number of amides is 1. The molecule has 0 aliphatic carbocycles. The number of esters is 1. The van der Waals surface area contributed by atoms with Gasteiger partial charge in [0.15, 0.2) is 0 Å². The minimum Gasteiger partial charge on any atom is -0.465 e. The highest BCUT2D eigenvalue weighted by Gasteiger charge is 2.32. The minimum absolute atomic E-state index is 0.0724. The molecule has 2 rings (SSSR count). The summed E-state index contributed by atoms with van der Waals surface area (Å²) in [7, 11) is 1.38. The molecule has 0 saturated heterocycles. The van der Waals surface area contributed by atoms with Crippen LogP contribution < -0.4 is 10.2 Å².